The van der Waals surface area contributed by atoms with Crippen molar-refractivity contribution in [3.8, 4) is 0 Å². The van der Waals surface area contributed by atoms with Crippen LogP contribution >= 0.6 is 23.7 Å². The molecule has 1 aliphatic heterocycles. The third-order valence-electron chi connectivity index (χ3n) is 4.48. The fourth-order valence-electron chi connectivity index (χ4n) is 3.16. The van der Waals surface area contributed by atoms with Crippen molar-refractivity contribution in [2.75, 3.05) is 13.1 Å². The molecule has 2 aromatic rings. The minimum atomic E-state index is -0.921. The van der Waals surface area contributed by atoms with Crippen LogP contribution in [-0.4, -0.2) is 30.0 Å². The average Bonchev–Trinajstić information content (AvgIpc) is 3.00. The van der Waals surface area contributed by atoms with E-state index in [1.54, 1.807) is 6.92 Å². The van der Waals surface area contributed by atoms with Crippen molar-refractivity contribution in [1.29, 1.82) is 0 Å². The number of nitrogens with zero attached hydrogens (tertiary/aromatic N) is 1. The van der Waals surface area contributed by atoms with Crippen molar-refractivity contribution in [2.24, 2.45) is 0 Å². The number of halogens is 3. The Morgan fingerprint density at radius 3 is 2.70 bits per heavy atom. The van der Waals surface area contributed by atoms with Crippen molar-refractivity contribution < 1.29 is 18.5 Å². The fourth-order valence-corrected chi connectivity index (χ4v) is 4.05. The van der Waals surface area contributed by atoms with Crippen molar-refractivity contribution in [1.82, 2.24) is 10.6 Å². The molecule has 2 N–H and O–H groups in total. The number of carbonyl (C=O) groups is 1. The molecule has 146 valence electrons. The summed E-state index contributed by atoms with van der Waals surface area (Å²) in [6.07, 6.45) is 0.652. The molecule has 1 aliphatic rings. The number of rotatable bonds is 4. The highest BCUT2D eigenvalue weighted by molar-refractivity contribution is 7.14. The first-order chi connectivity index (χ1) is 12.4. The van der Waals surface area contributed by atoms with E-state index in [0.29, 0.717) is 30.0 Å². The van der Waals surface area contributed by atoms with Gasteiger partial charge in [-0.3, -0.25) is 14.9 Å². The maximum atomic E-state index is 13.6. The van der Waals surface area contributed by atoms with Gasteiger partial charge in [-0.25, -0.2) is 8.78 Å². The average molecular weight is 418 g/mol. The lowest BCUT2D eigenvalue weighted by atomic mass is 9.86. The summed E-state index contributed by atoms with van der Waals surface area (Å²) in [6, 6.07) is 4.69. The van der Waals surface area contributed by atoms with E-state index < -0.39 is 22.5 Å². The summed E-state index contributed by atoms with van der Waals surface area (Å²) in [5.74, 6) is -2.42. The molecule has 0 spiro atoms. The van der Waals surface area contributed by atoms with Crippen LogP contribution in [-0.2, 0) is 0 Å². The molecule has 27 heavy (non-hydrogen) atoms. The maximum Gasteiger partial charge on any atom is 0.283 e. The molecule has 1 aromatic carbocycles. The second kappa shape index (κ2) is 8.73. The highest BCUT2D eigenvalue weighted by atomic mass is 35.5. The molecular weight excluding hydrogens is 400 g/mol. The van der Waals surface area contributed by atoms with E-state index in [0.717, 1.165) is 23.5 Å². The van der Waals surface area contributed by atoms with Gasteiger partial charge in [0.05, 0.1) is 14.7 Å². The zero-order chi connectivity index (χ0) is 18.8. The summed E-state index contributed by atoms with van der Waals surface area (Å²) in [5.41, 5.74) is 0.531. The third-order valence-corrected chi connectivity index (χ3v) is 5.52. The van der Waals surface area contributed by atoms with E-state index in [4.69, 9.17) is 0 Å². The number of nitro groups is 1. The Balaban J connectivity index is 0.00000261. The van der Waals surface area contributed by atoms with Gasteiger partial charge < -0.3 is 10.6 Å². The summed E-state index contributed by atoms with van der Waals surface area (Å²) in [7, 11) is 0. The molecular formula is C17H18ClF2N3O3S. The first-order valence-electron chi connectivity index (χ1n) is 8.08. The smallest absolute Gasteiger partial charge is 0.283 e. The zero-order valence-electron chi connectivity index (χ0n) is 14.3. The molecule has 2 heterocycles. The van der Waals surface area contributed by atoms with Gasteiger partial charge in [0.1, 0.15) is 0 Å². The lowest BCUT2D eigenvalue weighted by Gasteiger charge is -2.33. The Morgan fingerprint density at radius 2 is 2.07 bits per heavy atom. The monoisotopic (exact) mass is 417 g/mol. The molecule has 2 unspecified atom stereocenters. The topological polar surface area (TPSA) is 84.3 Å². The number of thiophene rings is 1. The highest BCUT2D eigenvalue weighted by Gasteiger charge is 2.30. The van der Waals surface area contributed by atoms with Gasteiger partial charge in [-0.2, -0.15) is 0 Å². The second-order valence-corrected chi connectivity index (χ2v) is 7.42. The van der Waals surface area contributed by atoms with Crippen molar-refractivity contribution in [3.05, 3.63) is 61.3 Å². The number of amides is 1. The number of piperidine rings is 1. The predicted molar refractivity (Wildman–Crippen MR) is 101 cm³/mol. The molecule has 1 amide bonds. The van der Waals surface area contributed by atoms with Crippen LogP contribution in [0.25, 0.3) is 0 Å². The molecule has 1 saturated heterocycles. The Labute approximate surface area is 164 Å². The summed E-state index contributed by atoms with van der Waals surface area (Å²) in [5, 5.41) is 17.0. The molecule has 1 aromatic heterocycles. The van der Waals surface area contributed by atoms with Gasteiger partial charge in [-0.05, 0) is 37.6 Å². The second-order valence-electron chi connectivity index (χ2n) is 6.16. The van der Waals surface area contributed by atoms with Crippen molar-refractivity contribution in [2.45, 2.75) is 25.3 Å². The normalized spacial score (nSPS) is 19.2. The van der Waals surface area contributed by atoms with E-state index in [1.165, 1.54) is 12.1 Å². The molecule has 0 radical (unpaired) electrons. The number of aryl methyl sites for hydroxylation is 1. The number of hydrogen-bond acceptors (Lipinski definition) is 5. The minimum absolute atomic E-state index is 0. The molecule has 0 bridgehead atoms. The van der Waals surface area contributed by atoms with Gasteiger partial charge in [0, 0.05) is 24.6 Å². The summed E-state index contributed by atoms with van der Waals surface area (Å²) < 4.78 is 26.8. The van der Waals surface area contributed by atoms with Gasteiger partial charge in [0.25, 0.3) is 11.6 Å². The number of nitrogens with one attached hydrogen (secondary N) is 2. The lowest BCUT2D eigenvalue weighted by Crippen LogP contribution is -2.49. The van der Waals surface area contributed by atoms with Crippen LogP contribution < -0.4 is 10.6 Å². The van der Waals surface area contributed by atoms with E-state index >= 15 is 0 Å². The molecule has 0 aliphatic carbocycles. The summed E-state index contributed by atoms with van der Waals surface area (Å²) in [6.45, 7) is 2.76. The Morgan fingerprint density at radius 1 is 1.33 bits per heavy atom. The molecule has 3 rings (SSSR count). The van der Waals surface area contributed by atoms with E-state index in [1.807, 2.05) is 0 Å². The van der Waals surface area contributed by atoms with Crippen molar-refractivity contribution in [3.63, 3.8) is 0 Å². The van der Waals surface area contributed by atoms with Crippen LogP contribution in [0.2, 0.25) is 0 Å². The lowest BCUT2D eigenvalue weighted by molar-refractivity contribution is -0.385. The van der Waals surface area contributed by atoms with Crippen molar-refractivity contribution >= 4 is 35.3 Å². The van der Waals surface area contributed by atoms with E-state index in [2.05, 4.69) is 10.6 Å². The van der Waals surface area contributed by atoms with E-state index in [9.17, 15) is 23.7 Å². The first kappa shape index (κ1) is 21.2. The van der Waals surface area contributed by atoms with Gasteiger partial charge in [0.15, 0.2) is 11.6 Å². The SMILES string of the molecule is Cc1sc(C(=O)NC2CNCCC2c2ccc(F)c(F)c2)cc1[N+](=O)[O-].Cl. The Bertz CT molecular complexity index is 862. The summed E-state index contributed by atoms with van der Waals surface area (Å²) >= 11 is 1.06. The highest BCUT2D eigenvalue weighted by Crippen LogP contribution is 2.30. The standard InChI is InChI=1S/C17H17F2N3O3S.ClH/c1-9-15(22(24)25)7-16(26-9)17(23)21-14-8-20-5-4-11(14)10-2-3-12(18)13(19)6-10;/h2-3,6-7,11,14,20H,4-5,8H2,1H3,(H,21,23);1H. The van der Waals surface area contributed by atoms with Crippen LogP contribution in [0.3, 0.4) is 0 Å². The number of benzene rings is 1. The van der Waals surface area contributed by atoms with Crippen LogP contribution in [0.4, 0.5) is 14.5 Å². The van der Waals surface area contributed by atoms with Gasteiger partial charge in [-0.1, -0.05) is 6.07 Å². The minimum Gasteiger partial charge on any atom is -0.347 e. The van der Waals surface area contributed by atoms with Gasteiger partial charge in [-0.15, -0.1) is 23.7 Å². The molecule has 2 atom stereocenters. The summed E-state index contributed by atoms with van der Waals surface area (Å²) in [4.78, 5) is 23.7. The predicted octanol–water partition coefficient (Wildman–Crippen LogP) is 3.54. The Hall–Kier alpha value is -2.10. The van der Waals surface area contributed by atoms with Crippen LogP contribution in [0, 0.1) is 28.7 Å². The fraction of sp³-hybridized carbons (Fsp3) is 0.353. The largest absolute Gasteiger partial charge is 0.347 e. The van der Waals surface area contributed by atoms with Crippen LogP contribution in [0.5, 0.6) is 0 Å². The molecule has 10 heteroatoms. The first-order valence-corrected chi connectivity index (χ1v) is 8.90. The zero-order valence-corrected chi connectivity index (χ0v) is 16.0. The molecule has 6 nitrogen and oxygen atoms in total. The number of hydrogen-bond donors (Lipinski definition) is 2. The van der Waals surface area contributed by atoms with Gasteiger partial charge in [0.2, 0.25) is 0 Å². The van der Waals surface area contributed by atoms with Crippen LogP contribution in [0.15, 0.2) is 24.3 Å². The van der Waals surface area contributed by atoms with Gasteiger partial charge >= 0.3 is 0 Å². The van der Waals surface area contributed by atoms with E-state index in [-0.39, 0.29) is 34.9 Å². The maximum absolute atomic E-state index is 13.6. The molecule has 0 saturated carbocycles. The molecule has 1 fully saturated rings. The Kier molecular flexibility index (Phi) is 6.85. The third kappa shape index (κ3) is 4.60. The number of carbonyl (C=O) groups excluding carboxylic acids is 1. The quantitative estimate of drug-likeness (QED) is 0.588. The van der Waals surface area contributed by atoms with Crippen LogP contribution in [0.1, 0.15) is 32.5 Å².